The van der Waals surface area contributed by atoms with Crippen LogP contribution in [0, 0.1) is 5.92 Å². The van der Waals surface area contributed by atoms with Crippen molar-refractivity contribution in [2.45, 2.75) is 63.5 Å². The minimum atomic E-state index is -0.825. The third kappa shape index (κ3) is 2.79. The van der Waals surface area contributed by atoms with Gasteiger partial charge in [0.1, 0.15) is 0 Å². The molecule has 112 valence electrons. The molecule has 2 heterocycles. The van der Waals surface area contributed by atoms with Crippen molar-refractivity contribution >= 4 is 0 Å². The Labute approximate surface area is 113 Å². The predicted octanol–water partition coefficient (Wildman–Crippen LogP) is -0.388. The summed E-state index contributed by atoms with van der Waals surface area (Å²) >= 11 is 0. The second-order valence-corrected chi connectivity index (χ2v) is 6.38. The van der Waals surface area contributed by atoms with Gasteiger partial charge in [0.05, 0.1) is 36.6 Å². The highest BCUT2D eigenvalue weighted by Gasteiger charge is 2.56. The van der Waals surface area contributed by atoms with Crippen LogP contribution in [-0.4, -0.2) is 59.2 Å². The zero-order chi connectivity index (χ0) is 14.4. The molecular weight excluding hydrogens is 250 g/mol. The van der Waals surface area contributed by atoms with Crippen molar-refractivity contribution in [1.29, 1.82) is 0 Å². The number of rotatable bonds is 3. The Bertz CT molecular complexity index is 333. The average Bonchev–Trinajstić information content (AvgIpc) is 2.77. The van der Waals surface area contributed by atoms with Crippen molar-refractivity contribution in [1.82, 2.24) is 0 Å². The van der Waals surface area contributed by atoms with E-state index in [0.29, 0.717) is 6.61 Å². The fourth-order valence-electron chi connectivity index (χ4n) is 2.93. The summed E-state index contributed by atoms with van der Waals surface area (Å²) in [6.45, 7) is 7.72. The normalized spacial score (nSPS) is 42.5. The van der Waals surface area contributed by atoms with Gasteiger partial charge in [0.2, 0.25) is 0 Å². The number of hydrogen-bond acceptors (Lipinski definition) is 6. The topological polar surface area (TPSA) is 94.2 Å². The molecule has 0 aliphatic carbocycles. The summed E-state index contributed by atoms with van der Waals surface area (Å²) in [6, 6.07) is 0. The van der Waals surface area contributed by atoms with Gasteiger partial charge in [-0.3, -0.25) is 0 Å². The Hall–Kier alpha value is -0.240. The first-order valence-corrected chi connectivity index (χ1v) is 6.74. The molecule has 2 fully saturated rings. The maximum absolute atomic E-state index is 10.4. The lowest BCUT2D eigenvalue weighted by Crippen LogP contribution is -2.46. The van der Waals surface area contributed by atoms with Crippen molar-refractivity contribution < 1.29 is 24.4 Å². The van der Waals surface area contributed by atoms with E-state index in [0.717, 1.165) is 0 Å². The third-order valence-corrected chi connectivity index (χ3v) is 3.98. The Morgan fingerprint density at radius 2 is 1.89 bits per heavy atom. The zero-order valence-corrected chi connectivity index (χ0v) is 12.0. The van der Waals surface area contributed by atoms with Gasteiger partial charge in [-0.05, 0) is 27.7 Å². The summed E-state index contributed by atoms with van der Waals surface area (Å²) in [7, 11) is 0. The molecule has 0 aromatic rings. The van der Waals surface area contributed by atoms with Crippen LogP contribution in [0.1, 0.15) is 27.7 Å². The lowest BCUT2D eigenvalue weighted by molar-refractivity contribution is -0.153. The number of nitrogens with two attached hydrogens (primary N) is 1. The minimum Gasteiger partial charge on any atom is -0.390 e. The summed E-state index contributed by atoms with van der Waals surface area (Å²) in [5, 5.41) is 20.5. The Morgan fingerprint density at radius 1 is 1.26 bits per heavy atom. The van der Waals surface area contributed by atoms with Gasteiger partial charge in [0.15, 0.2) is 5.79 Å². The van der Waals surface area contributed by atoms with Crippen molar-refractivity contribution in [2.24, 2.45) is 11.7 Å². The molecule has 0 spiro atoms. The Balaban J connectivity index is 2.20. The van der Waals surface area contributed by atoms with Gasteiger partial charge in [0.25, 0.3) is 0 Å². The van der Waals surface area contributed by atoms with Crippen LogP contribution in [0.4, 0.5) is 0 Å². The molecule has 5 atom stereocenters. The number of hydrogen-bond donors (Lipinski definition) is 3. The second kappa shape index (κ2) is 4.95. The molecule has 0 radical (unpaired) electrons. The van der Waals surface area contributed by atoms with Crippen LogP contribution in [0.2, 0.25) is 0 Å². The summed E-state index contributed by atoms with van der Waals surface area (Å²) in [4.78, 5) is 0. The van der Waals surface area contributed by atoms with Gasteiger partial charge in [-0.1, -0.05) is 0 Å². The molecule has 2 aliphatic heterocycles. The van der Waals surface area contributed by atoms with E-state index in [1.165, 1.54) is 0 Å². The van der Waals surface area contributed by atoms with Gasteiger partial charge < -0.3 is 30.2 Å². The molecule has 1 unspecified atom stereocenters. The van der Waals surface area contributed by atoms with E-state index in [4.69, 9.17) is 19.9 Å². The maximum Gasteiger partial charge on any atom is 0.163 e. The number of aliphatic hydroxyl groups is 2. The van der Waals surface area contributed by atoms with E-state index >= 15 is 0 Å². The quantitative estimate of drug-likeness (QED) is 0.649. The Morgan fingerprint density at radius 3 is 2.37 bits per heavy atom. The molecule has 4 N–H and O–H groups in total. The molecule has 2 aliphatic rings. The lowest BCUT2D eigenvalue weighted by atomic mass is 9.84. The second-order valence-electron chi connectivity index (χ2n) is 6.38. The van der Waals surface area contributed by atoms with Gasteiger partial charge in [0, 0.05) is 12.5 Å². The van der Waals surface area contributed by atoms with E-state index in [2.05, 4.69) is 0 Å². The third-order valence-electron chi connectivity index (χ3n) is 3.98. The SMILES string of the molecule is CC1(C)OC[C@H]([C@H]2C(O)C(C)(C)O[C@@H]2[C@@H](O)CN)O1. The van der Waals surface area contributed by atoms with Gasteiger partial charge >= 0.3 is 0 Å². The molecule has 6 heteroatoms. The molecule has 2 rings (SSSR count). The predicted molar refractivity (Wildman–Crippen MR) is 68.4 cm³/mol. The number of ether oxygens (including phenoxy) is 3. The van der Waals surface area contributed by atoms with Crippen LogP contribution in [-0.2, 0) is 14.2 Å². The molecule has 2 saturated heterocycles. The van der Waals surface area contributed by atoms with Gasteiger partial charge in [-0.15, -0.1) is 0 Å². The highest BCUT2D eigenvalue weighted by Crippen LogP contribution is 2.42. The zero-order valence-electron chi connectivity index (χ0n) is 12.0. The van der Waals surface area contributed by atoms with Crippen LogP contribution in [0.15, 0.2) is 0 Å². The first-order valence-electron chi connectivity index (χ1n) is 6.74. The summed E-state index contributed by atoms with van der Waals surface area (Å²) in [5.74, 6) is -1.02. The molecule has 0 saturated carbocycles. The monoisotopic (exact) mass is 275 g/mol. The molecule has 0 bridgehead atoms. The van der Waals surface area contributed by atoms with Crippen molar-refractivity contribution in [3.05, 3.63) is 0 Å². The van der Waals surface area contributed by atoms with Crippen LogP contribution in [0.25, 0.3) is 0 Å². The van der Waals surface area contributed by atoms with Gasteiger partial charge in [-0.2, -0.15) is 0 Å². The smallest absolute Gasteiger partial charge is 0.163 e. The lowest BCUT2D eigenvalue weighted by Gasteiger charge is -2.28. The fourth-order valence-corrected chi connectivity index (χ4v) is 2.93. The van der Waals surface area contributed by atoms with Crippen LogP contribution in [0.5, 0.6) is 0 Å². The average molecular weight is 275 g/mol. The largest absolute Gasteiger partial charge is 0.390 e. The Kier molecular flexibility index (Phi) is 3.94. The fraction of sp³-hybridized carbons (Fsp3) is 1.00. The molecule has 0 aromatic heterocycles. The molecule has 19 heavy (non-hydrogen) atoms. The summed E-state index contributed by atoms with van der Waals surface area (Å²) in [6.07, 6.45) is -2.41. The highest BCUT2D eigenvalue weighted by atomic mass is 16.7. The van der Waals surface area contributed by atoms with E-state index in [1.807, 2.05) is 13.8 Å². The van der Waals surface area contributed by atoms with E-state index < -0.39 is 29.7 Å². The first-order chi connectivity index (χ1) is 8.68. The molecule has 0 aromatic carbocycles. The maximum atomic E-state index is 10.4. The summed E-state index contributed by atoms with van der Waals surface area (Å²) < 4.78 is 17.1. The van der Waals surface area contributed by atoms with E-state index in [-0.39, 0.29) is 18.6 Å². The molecule has 6 nitrogen and oxygen atoms in total. The van der Waals surface area contributed by atoms with Crippen molar-refractivity contribution in [2.75, 3.05) is 13.2 Å². The van der Waals surface area contributed by atoms with E-state index in [1.54, 1.807) is 13.8 Å². The standard InChI is InChI=1S/C13H25NO5/c1-12(2)11(16)9(10(19-12)7(15)5-14)8-6-17-13(3,4)18-8/h7-11,15-16H,5-6,14H2,1-4H3/t7-,8+,9+,10+,11?/m0/s1. The van der Waals surface area contributed by atoms with Gasteiger partial charge in [-0.25, -0.2) is 0 Å². The first kappa shape index (κ1) is 15.2. The number of aliphatic hydroxyl groups excluding tert-OH is 2. The minimum absolute atomic E-state index is 0.0843. The molecule has 0 amide bonds. The van der Waals surface area contributed by atoms with Crippen LogP contribution in [0.3, 0.4) is 0 Å². The highest BCUT2D eigenvalue weighted by molar-refractivity contribution is 5.03. The summed E-state index contributed by atoms with van der Waals surface area (Å²) in [5.41, 5.74) is 4.78. The molecular formula is C13H25NO5. The van der Waals surface area contributed by atoms with Crippen LogP contribution >= 0.6 is 0 Å². The van der Waals surface area contributed by atoms with E-state index in [9.17, 15) is 10.2 Å². The van der Waals surface area contributed by atoms with Crippen molar-refractivity contribution in [3.63, 3.8) is 0 Å². The van der Waals surface area contributed by atoms with Crippen molar-refractivity contribution in [3.8, 4) is 0 Å². The van der Waals surface area contributed by atoms with Crippen LogP contribution < -0.4 is 5.73 Å².